The van der Waals surface area contributed by atoms with Crippen LogP contribution in [0.5, 0.6) is 0 Å². The Morgan fingerprint density at radius 2 is 2.10 bits per heavy atom. The van der Waals surface area contributed by atoms with Gasteiger partial charge in [-0.05, 0) is 38.2 Å². The zero-order chi connectivity index (χ0) is 14.8. The molecule has 0 aromatic carbocycles. The maximum Gasteiger partial charge on any atom is 0.107 e. The molecule has 0 amide bonds. The summed E-state index contributed by atoms with van der Waals surface area (Å²) in [6.07, 6.45) is 2.15. The van der Waals surface area contributed by atoms with Crippen molar-refractivity contribution in [3.8, 4) is 0 Å². The lowest BCUT2D eigenvalue weighted by Gasteiger charge is -2.34. The SMILES string of the molecule is Cc1cc(NCC2(C)CCOCC2)c(C(N)=S)c(C)n1. The van der Waals surface area contributed by atoms with Crippen LogP contribution in [-0.2, 0) is 4.74 Å². The fourth-order valence-electron chi connectivity index (χ4n) is 2.63. The molecule has 0 radical (unpaired) electrons. The van der Waals surface area contributed by atoms with E-state index in [-0.39, 0.29) is 5.41 Å². The van der Waals surface area contributed by atoms with Crippen LogP contribution >= 0.6 is 12.2 Å². The van der Waals surface area contributed by atoms with Crippen LogP contribution in [0, 0.1) is 19.3 Å². The number of rotatable bonds is 4. The first-order valence-electron chi connectivity index (χ1n) is 7.01. The molecular formula is C15H23N3OS. The van der Waals surface area contributed by atoms with Gasteiger partial charge >= 0.3 is 0 Å². The number of anilines is 1. The zero-order valence-electron chi connectivity index (χ0n) is 12.5. The molecule has 2 heterocycles. The molecule has 1 aromatic rings. The highest BCUT2D eigenvalue weighted by Crippen LogP contribution is 2.31. The van der Waals surface area contributed by atoms with E-state index in [1.165, 1.54) is 0 Å². The molecule has 20 heavy (non-hydrogen) atoms. The minimum Gasteiger partial charge on any atom is -0.389 e. The molecule has 4 nitrogen and oxygen atoms in total. The fraction of sp³-hybridized carbons (Fsp3) is 0.600. The van der Waals surface area contributed by atoms with Gasteiger partial charge in [0.25, 0.3) is 0 Å². The molecule has 1 aliphatic heterocycles. The lowest BCUT2D eigenvalue weighted by atomic mass is 9.82. The molecule has 3 N–H and O–H groups in total. The Bertz CT molecular complexity index is 510. The number of nitrogens with zero attached hydrogens (tertiary/aromatic N) is 1. The van der Waals surface area contributed by atoms with E-state index in [0.717, 1.165) is 55.2 Å². The van der Waals surface area contributed by atoms with E-state index in [1.807, 2.05) is 19.9 Å². The van der Waals surface area contributed by atoms with Gasteiger partial charge in [0.1, 0.15) is 4.99 Å². The number of nitrogens with two attached hydrogens (primary N) is 1. The smallest absolute Gasteiger partial charge is 0.107 e. The molecule has 110 valence electrons. The Balaban J connectivity index is 2.18. The minimum absolute atomic E-state index is 0.261. The van der Waals surface area contributed by atoms with Gasteiger partial charge in [0.05, 0.1) is 5.56 Å². The van der Waals surface area contributed by atoms with Crippen LogP contribution in [0.3, 0.4) is 0 Å². The summed E-state index contributed by atoms with van der Waals surface area (Å²) in [5.74, 6) is 0. The van der Waals surface area contributed by atoms with E-state index in [1.54, 1.807) is 0 Å². The van der Waals surface area contributed by atoms with Crippen molar-refractivity contribution < 1.29 is 4.74 Å². The third-order valence-corrected chi connectivity index (χ3v) is 4.18. The molecule has 0 atom stereocenters. The molecular weight excluding hydrogens is 270 g/mol. The molecule has 0 unspecified atom stereocenters. The normalized spacial score (nSPS) is 17.8. The fourth-order valence-corrected chi connectivity index (χ4v) is 2.89. The van der Waals surface area contributed by atoms with Crippen LogP contribution in [0.4, 0.5) is 5.69 Å². The molecule has 1 aromatic heterocycles. The van der Waals surface area contributed by atoms with Gasteiger partial charge in [0.15, 0.2) is 0 Å². The zero-order valence-corrected chi connectivity index (χ0v) is 13.3. The Kier molecular flexibility index (Phi) is 4.60. The lowest BCUT2D eigenvalue weighted by Crippen LogP contribution is -2.33. The third kappa shape index (κ3) is 3.46. The summed E-state index contributed by atoms with van der Waals surface area (Å²) in [4.78, 5) is 4.84. The first-order chi connectivity index (χ1) is 9.41. The number of aryl methyl sites for hydroxylation is 2. The second-order valence-electron chi connectivity index (χ2n) is 5.91. The van der Waals surface area contributed by atoms with Gasteiger partial charge in [-0.3, -0.25) is 4.98 Å². The minimum atomic E-state index is 0.261. The van der Waals surface area contributed by atoms with Crippen LogP contribution in [-0.4, -0.2) is 29.7 Å². The van der Waals surface area contributed by atoms with Crippen molar-refractivity contribution in [2.45, 2.75) is 33.6 Å². The number of hydrogen-bond acceptors (Lipinski definition) is 4. The molecule has 0 bridgehead atoms. The summed E-state index contributed by atoms with van der Waals surface area (Å²) in [7, 11) is 0. The quantitative estimate of drug-likeness (QED) is 0.836. The highest BCUT2D eigenvalue weighted by molar-refractivity contribution is 7.80. The summed E-state index contributed by atoms with van der Waals surface area (Å²) in [6, 6.07) is 2.02. The van der Waals surface area contributed by atoms with E-state index in [9.17, 15) is 0 Å². The van der Waals surface area contributed by atoms with E-state index >= 15 is 0 Å². The highest BCUT2D eigenvalue weighted by Gasteiger charge is 2.27. The third-order valence-electron chi connectivity index (χ3n) is 3.98. The number of hydrogen-bond donors (Lipinski definition) is 2. The number of thiocarbonyl (C=S) groups is 1. The van der Waals surface area contributed by atoms with E-state index < -0.39 is 0 Å². The second-order valence-corrected chi connectivity index (χ2v) is 6.35. The molecule has 2 rings (SSSR count). The van der Waals surface area contributed by atoms with Crippen molar-refractivity contribution in [3.63, 3.8) is 0 Å². The van der Waals surface area contributed by atoms with Crippen LogP contribution < -0.4 is 11.1 Å². The standard InChI is InChI=1S/C15H23N3OS/c1-10-8-12(13(14(16)20)11(2)18-10)17-9-15(3)4-6-19-7-5-15/h8H,4-7,9H2,1-3H3,(H2,16,20)(H,17,18). The van der Waals surface area contributed by atoms with Gasteiger partial charge < -0.3 is 15.8 Å². The number of ether oxygens (including phenoxy) is 1. The number of aromatic nitrogens is 1. The van der Waals surface area contributed by atoms with Crippen LogP contribution in [0.2, 0.25) is 0 Å². The molecule has 1 saturated heterocycles. The summed E-state index contributed by atoms with van der Waals surface area (Å²) in [5.41, 5.74) is 9.82. The average Bonchev–Trinajstić information content (AvgIpc) is 2.36. The van der Waals surface area contributed by atoms with E-state index in [0.29, 0.717) is 4.99 Å². The van der Waals surface area contributed by atoms with Gasteiger partial charge in [0, 0.05) is 36.8 Å². The van der Waals surface area contributed by atoms with E-state index in [4.69, 9.17) is 22.7 Å². The average molecular weight is 293 g/mol. The van der Waals surface area contributed by atoms with Crippen molar-refractivity contribution in [1.82, 2.24) is 4.98 Å². The first-order valence-corrected chi connectivity index (χ1v) is 7.42. The van der Waals surface area contributed by atoms with Crippen molar-refractivity contribution in [1.29, 1.82) is 0 Å². The first kappa shape index (κ1) is 15.2. The van der Waals surface area contributed by atoms with Crippen molar-refractivity contribution in [2.24, 2.45) is 11.1 Å². The Labute approximate surface area is 126 Å². The predicted molar refractivity (Wildman–Crippen MR) is 86.2 cm³/mol. The van der Waals surface area contributed by atoms with Gasteiger partial charge in [-0.1, -0.05) is 19.1 Å². The monoisotopic (exact) mass is 293 g/mol. The number of pyridine rings is 1. The molecule has 1 fully saturated rings. The topological polar surface area (TPSA) is 60.2 Å². The van der Waals surface area contributed by atoms with Crippen LogP contribution in [0.15, 0.2) is 6.07 Å². The second kappa shape index (κ2) is 6.06. The van der Waals surface area contributed by atoms with Gasteiger partial charge in [-0.25, -0.2) is 0 Å². The molecule has 5 heteroatoms. The van der Waals surface area contributed by atoms with Crippen molar-refractivity contribution in [3.05, 3.63) is 23.0 Å². The largest absolute Gasteiger partial charge is 0.389 e. The van der Waals surface area contributed by atoms with Gasteiger partial charge in [0.2, 0.25) is 0 Å². The summed E-state index contributed by atoms with van der Waals surface area (Å²) < 4.78 is 5.44. The molecule has 0 spiro atoms. The Morgan fingerprint density at radius 3 is 2.70 bits per heavy atom. The molecule has 0 saturated carbocycles. The summed E-state index contributed by atoms with van der Waals surface area (Å²) in [6.45, 7) is 8.81. The van der Waals surface area contributed by atoms with Gasteiger partial charge in [-0.15, -0.1) is 0 Å². The number of nitrogens with one attached hydrogen (secondary N) is 1. The van der Waals surface area contributed by atoms with Crippen LogP contribution in [0.1, 0.15) is 36.7 Å². The van der Waals surface area contributed by atoms with Gasteiger partial charge in [-0.2, -0.15) is 0 Å². The molecule has 0 aliphatic carbocycles. The Morgan fingerprint density at radius 1 is 1.45 bits per heavy atom. The Hall–Kier alpha value is -1.20. The summed E-state index contributed by atoms with van der Waals surface area (Å²) in [5, 5.41) is 3.52. The highest BCUT2D eigenvalue weighted by atomic mass is 32.1. The van der Waals surface area contributed by atoms with Crippen molar-refractivity contribution in [2.75, 3.05) is 25.1 Å². The predicted octanol–water partition coefficient (Wildman–Crippen LogP) is 2.56. The molecule has 1 aliphatic rings. The maximum absolute atomic E-state index is 5.84. The lowest BCUT2D eigenvalue weighted by molar-refractivity contribution is 0.0300. The maximum atomic E-state index is 5.84. The van der Waals surface area contributed by atoms with Crippen molar-refractivity contribution >= 4 is 22.9 Å². The van der Waals surface area contributed by atoms with E-state index in [2.05, 4.69) is 17.2 Å². The van der Waals surface area contributed by atoms with Crippen LogP contribution in [0.25, 0.3) is 0 Å². The summed E-state index contributed by atoms with van der Waals surface area (Å²) >= 11 is 5.16.